The summed E-state index contributed by atoms with van der Waals surface area (Å²) in [6.07, 6.45) is 8.08. The third kappa shape index (κ3) is 3.31. The van der Waals surface area contributed by atoms with Crippen molar-refractivity contribution in [3.05, 3.63) is 29.8 Å². The van der Waals surface area contributed by atoms with Gasteiger partial charge in [-0.05, 0) is 68.4 Å². The van der Waals surface area contributed by atoms with Crippen LogP contribution in [0.3, 0.4) is 0 Å². The molecule has 3 fully saturated rings. The number of amides is 2. The van der Waals surface area contributed by atoms with Crippen LogP contribution in [-0.4, -0.2) is 41.0 Å². The number of nitrogens with one attached hydrogen (secondary N) is 1. The molecule has 1 aromatic rings. The predicted octanol–water partition coefficient (Wildman–Crippen LogP) is 2.94. The Balaban J connectivity index is 1.32. The van der Waals surface area contributed by atoms with Gasteiger partial charge in [-0.2, -0.15) is 0 Å². The zero-order valence-electron chi connectivity index (χ0n) is 15.2. The number of benzene rings is 1. The van der Waals surface area contributed by atoms with Gasteiger partial charge in [-0.25, -0.2) is 0 Å². The minimum atomic E-state index is -0.415. The minimum absolute atomic E-state index is 0.0279. The first-order chi connectivity index (χ1) is 12.6. The van der Waals surface area contributed by atoms with Crippen LogP contribution in [0, 0.1) is 17.8 Å². The Kier molecular flexibility index (Phi) is 4.88. The van der Waals surface area contributed by atoms with E-state index < -0.39 is 6.04 Å². The SMILES string of the molecule is O=C(NCC[C@@H]1C[C@H]2CC[C@H]1C2)[C@@H]1CCCN1C(=O)c1ccccc1O. The number of phenolic OH excluding ortho intramolecular Hbond substituents is 1. The van der Waals surface area contributed by atoms with E-state index in [0.29, 0.717) is 19.5 Å². The Hall–Kier alpha value is -2.04. The fraction of sp³-hybridized carbons (Fsp3) is 0.619. The molecule has 4 rings (SSSR count). The summed E-state index contributed by atoms with van der Waals surface area (Å²) in [7, 11) is 0. The standard InChI is InChI=1S/C21H28N2O3/c24-19-6-2-1-4-17(19)21(26)23-11-3-5-18(23)20(25)22-10-9-16-13-14-7-8-15(16)12-14/h1-2,4,6,14-16,18,24H,3,5,7-13H2,(H,22,25)/t14-,15-,16+,18-/m0/s1. The summed E-state index contributed by atoms with van der Waals surface area (Å²) in [5, 5.41) is 13.0. The first-order valence-corrected chi connectivity index (χ1v) is 10.00. The van der Waals surface area contributed by atoms with Crippen LogP contribution >= 0.6 is 0 Å². The number of carbonyl (C=O) groups excluding carboxylic acids is 2. The van der Waals surface area contributed by atoms with Crippen molar-refractivity contribution < 1.29 is 14.7 Å². The summed E-state index contributed by atoms with van der Waals surface area (Å²) in [4.78, 5) is 27.0. The molecule has 2 saturated carbocycles. The topological polar surface area (TPSA) is 69.6 Å². The molecular formula is C21H28N2O3. The number of fused-ring (bicyclic) bond motifs is 2. The number of hydrogen-bond acceptors (Lipinski definition) is 3. The van der Waals surface area contributed by atoms with E-state index in [-0.39, 0.29) is 23.1 Å². The summed E-state index contributed by atoms with van der Waals surface area (Å²) in [5.41, 5.74) is 0.272. The molecule has 1 heterocycles. The van der Waals surface area contributed by atoms with Crippen LogP contribution in [0.25, 0.3) is 0 Å². The Morgan fingerprint density at radius 3 is 2.73 bits per heavy atom. The zero-order valence-corrected chi connectivity index (χ0v) is 15.2. The van der Waals surface area contributed by atoms with E-state index in [9.17, 15) is 14.7 Å². The molecule has 5 heteroatoms. The third-order valence-electron chi connectivity index (χ3n) is 6.65. The van der Waals surface area contributed by atoms with Gasteiger partial charge in [0, 0.05) is 13.1 Å². The van der Waals surface area contributed by atoms with Gasteiger partial charge in [0.1, 0.15) is 11.8 Å². The summed E-state index contributed by atoms with van der Waals surface area (Å²) < 4.78 is 0. The van der Waals surface area contributed by atoms with Gasteiger partial charge in [-0.1, -0.05) is 18.6 Å². The molecule has 3 aliphatic rings. The molecule has 1 aliphatic heterocycles. The minimum Gasteiger partial charge on any atom is -0.507 e. The van der Waals surface area contributed by atoms with Crippen LogP contribution in [0.15, 0.2) is 24.3 Å². The molecule has 5 nitrogen and oxygen atoms in total. The lowest BCUT2D eigenvalue weighted by atomic mass is 9.86. The van der Waals surface area contributed by atoms with Gasteiger partial charge in [-0.15, -0.1) is 0 Å². The number of phenols is 1. The maximum Gasteiger partial charge on any atom is 0.258 e. The highest BCUT2D eigenvalue weighted by Crippen LogP contribution is 2.49. The van der Waals surface area contributed by atoms with Gasteiger partial charge in [0.25, 0.3) is 5.91 Å². The fourth-order valence-corrected chi connectivity index (χ4v) is 5.32. The second kappa shape index (κ2) is 7.29. The molecule has 26 heavy (non-hydrogen) atoms. The van der Waals surface area contributed by atoms with Crippen molar-refractivity contribution >= 4 is 11.8 Å². The molecule has 140 valence electrons. The van der Waals surface area contributed by atoms with Crippen molar-refractivity contribution in [1.29, 1.82) is 0 Å². The van der Waals surface area contributed by atoms with Gasteiger partial charge in [0.15, 0.2) is 0 Å². The van der Waals surface area contributed by atoms with E-state index in [1.165, 1.54) is 31.7 Å². The number of nitrogens with zero attached hydrogens (tertiary/aromatic N) is 1. The normalized spacial score (nSPS) is 29.9. The number of para-hydroxylation sites is 1. The van der Waals surface area contributed by atoms with Crippen LogP contribution in [0.1, 0.15) is 55.3 Å². The highest BCUT2D eigenvalue weighted by molar-refractivity contribution is 5.99. The lowest BCUT2D eigenvalue weighted by molar-refractivity contribution is -0.124. The molecule has 2 bridgehead atoms. The van der Waals surface area contributed by atoms with E-state index in [4.69, 9.17) is 0 Å². The molecule has 0 spiro atoms. The first kappa shape index (κ1) is 17.4. The molecule has 0 aromatic heterocycles. The summed E-state index contributed by atoms with van der Waals surface area (Å²) in [6, 6.07) is 6.12. The van der Waals surface area contributed by atoms with Crippen molar-refractivity contribution in [1.82, 2.24) is 10.2 Å². The second-order valence-corrected chi connectivity index (χ2v) is 8.19. The molecule has 2 N–H and O–H groups in total. The van der Waals surface area contributed by atoms with Crippen LogP contribution in [0.4, 0.5) is 0 Å². The van der Waals surface area contributed by atoms with Crippen molar-refractivity contribution in [3.8, 4) is 5.75 Å². The van der Waals surface area contributed by atoms with Crippen LogP contribution in [0.5, 0.6) is 5.75 Å². The van der Waals surface area contributed by atoms with E-state index in [0.717, 1.165) is 30.6 Å². The smallest absolute Gasteiger partial charge is 0.258 e. The van der Waals surface area contributed by atoms with E-state index in [1.54, 1.807) is 23.1 Å². The van der Waals surface area contributed by atoms with Crippen molar-refractivity contribution in [3.63, 3.8) is 0 Å². The number of hydrogen-bond donors (Lipinski definition) is 2. The summed E-state index contributed by atoms with van der Waals surface area (Å²) >= 11 is 0. The van der Waals surface area contributed by atoms with Crippen LogP contribution in [0.2, 0.25) is 0 Å². The molecule has 1 aromatic carbocycles. The number of likely N-dealkylation sites (tertiary alicyclic amines) is 1. The predicted molar refractivity (Wildman–Crippen MR) is 98.7 cm³/mol. The second-order valence-electron chi connectivity index (χ2n) is 8.19. The first-order valence-electron chi connectivity index (χ1n) is 10.00. The van der Waals surface area contributed by atoms with E-state index in [1.807, 2.05) is 0 Å². The maximum absolute atomic E-state index is 12.7. The van der Waals surface area contributed by atoms with Gasteiger partial charge in [0.2, 0.25) is 5.91 Å². The van der Waals surface area contributed by atoms with Crippen LogP contribution < -0.4 is 5.32 Å². The molecule has 0 radical (unpaired) electrons. The monoisotopic (exact) mass is 356 g/mol. The van der Waals surface area contributed by atoms with Gasteiger partial charge in [-0.3, -0.25) is 9.59 Å². The Morgan fingerprint density at radius 1 is 1.15 bits per heavy atom. The summed E-state index contributed by atoms with van der Waals surface area (Å²) in [5.74, 6) is 2.25. The quantitative estimate of drug-likeness (QED) is 0.852. The molecule has 2 aliphatic carbocycles. The molecule has 0 unspecified atom stereocenters. The molecule has 2 amide bonds. The summed E-state index contributed by atoms with van der Waals surface area (Å²) in [6.45, 7) is 1.28. The zero-order chi connectivity index (χ0) is 18.1. The Labute approximate surface area is 154 Å². The Morgan fingerprint density at radius 2 is 2.00 bits per heavy atom. The molecular weight excluding hydrogens is 328 g/mol. The largest absolute Gasteiger partial charge is 0.507 e. The van der Waals surface area contributed by atoms with Gasteiger partial charge < -0.3 is 15.3 Å². The number of aromatic hydroxyl groups is 1. The third-order valence-corrected chi connectivity index (χ3v) is 6.65. The van der Waals surface area contributed by atoms with Gasteiger partial charge in [0.05, 0.1) is 5.56 Å². The number of carbonyl (C=O) groups is 2. The lowest BCUT2D eigenvalue weighted by Gasteiger charge is -2.25. The van der Waals surface area contributed by atoms with Gasteiger partial charge >= 0.3 is 0 Å². The van der Waals surface area contributed by atoms with Crippen molar-refractivity contribution in [2.24, 2.45) is 17.8 Å². The van der Waals surface area contributed by atoms with E-state index >= 15 is 0 Å². The average Bonchev–Trinajstić information content (AvgIpc) is 3.38. The lowest BCUT2D eigenvalue weighted by Crippen LogP contribution is -2.46. The van der Waals surface area contributed by atoms with Crippen molar-refractivity contribution in [2.75, 3.05) is 13.1 Å². The highest BCUT2D eigenvalue weighted by Gasteiger charge is 2.39. The molecule has 4 atom stereocenters. The molecule has 1 saturated heterocycles. The van der Waals surface area contributed by atoms with Crippen LogP contribution in [-0.2, 0) is 4.79 Å². The van der Waals surface area contributed by atoms with Crippen molar-refractivity contribution in [2.45, 2.75) is 51.0 Å². The fourth-order valence-electron chi connectivity index (χ4n) is 5.32. The Bertz CT molecular complexity index is 690. The maximum atomic E-state index is 12.7. The average molecular weight is 356 g/mol. The highest BCUT2D eigenvalue weighted by atomic mass is 16.3. The van der Waals surface area contributed by atoms with E-state index in [2.05, 4.69) is 5.32 Å². The number of rotatable bonds is 5.